The zero-order valence-electron chi connectivity index (χ0n) is 12.3. The molecule has 0 fully saturated rings. The van der Waals surface area contributed by atoms with E-state index in [1.54, 1.807) is 0 Å². The number of nitrogens with zero attached hydrogens (tertiary/aromatic N) is 1. The van der Waals surface area contributed by atoms with Crippen LogP contribution in [-0.2, 0) is 6.42 Å². The van der Waals surface area contributed by atoms with E-state index in [2.05, 4.69) is 66.2 Å². The van der Waals surface area contributed by atoms with Gasteiger partial charge in [-0.2, -0.15) is 11.8 Å². The maximum absolute atomic E-state index is 6.12. The molecule has 2 atom stereocenters. The van der Waals surface area contributed by atoms with Crippen molar-refractivity contribution in [2.75, 3.05) is 24.0 Å². The molecule has 0 aliphatic rings. The van der Waals surface area contributed by atoms with Gasteiger partial charge in [-0.25, -0.2) is 0 Å². The predicted molar refractivity (Wildman–Crippen MR) is 92.4 cm³/mol. The number of hydrogen-bond acceptors (Lipinski definition) is 3. The van der Waals surface area contributed by atoms with E-state index in [4.69, 9.17) is 5.73 Å². The monoisotopic (exact) mass is 344 g/mol. The molecule has 0 bridgehead atoms. The lowest BCUT2D eigenvalue weighted by molar-refractivity contribution is 0.643. The molecule has 0 aromatic heterocycles. The van der Waals surface area contributed by atoms with Crippen molar-refractivity contribution in [2.45, 2.75) is 38.8 Å². The van der Waals surface area contributed by atoms with Gasteiger partial charge in [0.05, 0.1) is 0 Å². The smallest absolute Gasteiger partial charge is 0.0400 e. The van der Waals surface area contributed by atoms with Crippen LogP contribution in [0.1, 0.15) is 25.8 Å². The summed E-state index contributed by atoms with van der Waals surface area (Å²) in [4.78, 5) is 2.36. The molecule has 0 saturated carbocycles. The molecule has 0 heterocycles. The van der Waals surface area contributed by atoms with E-state index in [9.17, 15) is 0 Å². The number of anilines is 1. The lowest BCUT2D eigenvalue weighted by atomic mass is 10.0. The highest BCUT2D eigenvalue weighted by Crippen LogP contribution is 2.27. The summed E-state index contributed by atoms with van der Waals surface area (Å²) in [5.41, 5.74) is 8.75. The summed E-state index contributed by atoms with van der Waals surface area (Å²) < 4.78 is 1.13. The molecular formula is C15H25BrN2S. The molecule has 2 unspecified atom stereocenters. The van der Waals surface area contributed by atoms with Crippen molar-refractivity contribution >= 4 is 33.4 Å². The molecule has 0 amide bonds. The van der Waals surface area contributed by atoms with E-state index < -0.39 is 0 Å². The highest BCUT2D eigenvalue weighted by molar-refractivity contribution is 9.10. The van der Waals surface area contributed by atoms with Gasteiger partial charge in [-0.15, -0.1) is 0 Å². The predicted octanol–water partition coefficient (Wildman–Crippen LogP) is 3.92. The molecule has 1 rings (SSSR count). The Bertz CT molecular complexity index is 398. The summed E-state index contributed by atoms with van der Waals surface area (Å²) in [5, 5.41) is 0. The topological polar surface area (TPSA) is 29.3 Å². The second kappa shape index (κ2) is 8.18. The summed E-state index contributed by atoms with van der Waals surface area (Å²) in [7, 11) is 2.17. The van der Waals surface area contributed by atoms with Crippen LogP contribution in [0.4, 0.5) is 5.69 Å². The van der Waals surface area contributed by atoms with Gasteiger partial charge in [-0.1, -0.05) is 22.9 Å². The van der Waals surface area contributed by atoms with Crippen molar-refractivity contribution < 1.29 is 0 Å². The lowest BCUT2D eigenvalue weighted by Gasteiger charge is -2.29. The zero-order valence-corrected chi connectivity index (χ0v) is 14.7. The van der Waals surface area contributed by atoms with Crippen molar-refractivity contribution in [3.05, 3.63) is 28.2 Å². The highest BCUT2D eigenvalue weighted by Gasteiger charge is 2.15. The first-order chi connectivity index (χ1) is 8.99. The van der Waals surface area contributed by atoms with Gasteiger partial charge in [0.1, 0.15) is 0 Å². The summed E-state index contributed by atoms with van der Waals surface area (Å²) in [6, 6.07) is 7.26. The largest absolute Gasteiger partial charge is 0.371 e. The zero-order chi connectivity index (χ0) is 14.4. The first kappa shape index (κ1) is 16.9. The number of hydrogen-bond donors (Lipinski definition) is 1. The quantitative estimate of drug-likeness (QED) is 0.812. The molecule has 19 heavy (non-hydrogen) atoms. The van der Waals surface area contributed by atoms with Crippen LogP contribution in [0.25, 0.3) is 0 Å². The molecule has 4 heteroatoms. The average molecular weight is 345 g/mol. The fourth-order valence-corrected chi connectivity index (χ4v) is 3.19. The van der Waals surface area contributed by atoms with Crippen molar-refractivity contribution in [1.29, 1.82) is 0 Å². The van der Waals surface area contributed by atoms with E-state index in [0.717, 1.165) is 23.1 Å². The third-order valence-electron chi connectivity index (χ3n) is 3.50. The van der Waals surface area contributed by atoms with Crippen LogP contribution >= 0.6 is 27.7 Å². The Morgan fingerprint density at radius 2 is 2.11 bits per heavy atom. The Labute approximate surface area is 130 Å². The molecular weight excluding hydrogens is 320 g/mol. The number of benzene rings is 1. The molecule has 1 aromatic carbocycles. The SMILES string of the molecule is CCC(N)Cc1cc(Br)ccc1N(C)C(C)CSC. The van der Waals surface area contributed by atoms with E-state index in [-0.39, 0.29) is 6.04 Å². The van der Waals surface area contributed by atoms with Gasteiger partial charge in [-0.05, 0) is 49.8 Å². The molecule has 2 nitrogen and oxygen atoms in total. The highest BCUT2D eigenvalue weighted by atomic mass is 79.9. The second-order valence-electron chi connectivity index (χ2n) is 5.06. The third kappa shape index (κ3) is 5.01. The summed E-state index contributed by atoms with van der Waals surface area (Å²) >= 11 is 5.45. The van der Waals surface area contributed by atoms with E-state index >= 15 is 0 Å². The maximum atomic E-state index is 6.12. The third-order valence-corrected chi connectivity index (χ3v) is 4.81. The Balaban J connectivity index is 2.98. The first-order valence-electron chi connectivity index (χ1n) is 6.75. The standard InChI is InChI=1S/C15H25BrN2S/c1-5-14(17)9-12-8-13(16)6-7-15(12)18(3)11(2)10-19-4/h6-8,11,14H,5,9-10,17H2,1-4H3. The number of rotatable bonds is 7. The van der Waals surface area contributed by atoms with Crippen LogP contribution in [-0.4, -0.2) is 31.1 Å². The normalized spacial score (nSPS) is 14.2. The molecule has 0 spiro atoms. The average Bonchev–Trinajstić information content (AvgIpc) is 2.38. The number of nitrogens with two attached hydrogens (primary N) is 1. The van der Waals surface area contributed by atoms with Crippen LogP contribution in [0.15, 0.2) is 22.7 Å². The minimum absolute atomic E-state index is 0.234. The van der Waals surface area contributed by atoms with Gasteiger partial charge in [0, 0.05) is 35.0 Å². The molecule has 0 radical (unpaired) electrons. The van der Waals surface area contributed by atoms with Crippen LogP contribution in [0.5, 0.6) is 0 Å². The molecule has 0 aliphatic carbocycles. The lowest BCUT2D eigenvalue weighted by Crippen LogP contribution is -2.32. The van der Waals surface area contributed by atoms with E-state index in [0.29, 0.717) is 6.04 Å². The first-order valence-corrected chi connectivity index (χ1v) is 8.94. The van der Waals surface area contributed by atoms with Crippen molar-refractivity contribution in [1.82, 2.24) is 0 Å². The van der Waals surface area contributed by atoms with Gasteiger partial charge in [0.2, 0.25) is 0 Å². The van der Waals surface area contributed by atoms with Gasteiger partial charge in [-0.3, -0.25) is 0 Å². The molecule has 2 N–H and O–H groups in total. The summed E-state index contributed by atoms with van der Waals surface area (Å²) in [6.45, 7) is 4.41. The van der Waals surface area contributed by atoms with Crippen LogP contribution in [0.3, 0.4) is 0 Å². The van der Waals surface area contributed by atoms with Crippen molar-refractivity contribution in [2.24, 2.45) is 5.73 Å². The molecule has 0 aliphatic heterocycles. The van der Waals surface area contributed by atoms with E-state index in [1.165, 1.54) is 11.3 Å². The van der Waals surface area contributed by atoms with Crippen LogP contribution < -0.4 is 10.6 Å². The van der Waals surface area contributed by atoms with Gasteiger partial charge in [0.25, 0.3) is 0 Å². The van der Waals surface area contributed by atoms with Crippen molar-refractivity contribution in [3.8, 4) is 0 Å². The Morgan fingerprint density at radius 1 is 1.42 bits per heavy atom. The minimum Gasteiger partial charge on any atom is -0.371 e. The number of thioether (sulfide) groups is 1. The van der Waals surface area contributed by atoms with Gasteiger partial charge in [0.15, 0.2) is 0 Å². The van der Waals surface area contributed by atoms with Gasteiger partial charge < -0.3 is 10.6 Å². The Morgan fingerprint density at radius 3 is 2.68 bits per heavy atom. The Hall–Kier alpha value is -0.190. The van der Waals surface area contributed by atoms with Crippen molar-refractivity contribution in [3.63, 3.8) is 0 Å². The fourth-order valence-electron chi connectivity index (χ4n) is 2.08. The van der Waals surface area contributed by atoms with Gasteiger partial charge >= 0.3 is 0 Å². The Kier molecular flexibility index (Phi) is 7.26. The van der Waals surface area contributed by atoms with Crippen LogP contribution in [0, 0.1) is 0 Å². The molecule has 1 aromatic rings. The minimum atomic E-state index is 0.234. The van der Waals surface area contributed by atoms with E-state index in [1.807, 2.05) is 11.8 Å². The van der Waals surface area contributed by atoms with Crippen LogP contribution in [0.2, 0.25) is 0 Å². The summed E-state index contributed by atoms with van der Waals surface area (Å²) in [5.74, 6) is 1.13. The molecule has 108 valence electrons. The maximum Gasteiger partial charge on any atom is 0.0400 e. The summed E-state index contributed by atoms with van der Waals surface area (Å²) in [6.07, 6.45) is 4.09. The molecule has 0 saturated heterocycles. The number of halogens is 1. The second-order valence-corrected chi connectivity index (χ2v) is 6.89. The fraction of sp³-hybridized carbons (Fsp3) is 0.600.